The first-order chi connectivity index (χ1) is 27.6. The SMILES string of the molecule is CC1(c2ccccc2)c2ccccc2-c2cccc(-c3nc(-c4ccccc4)nc(-c4ccc(-c5c6ccccc6cc6ccc7ccccc7c56)cc4)n3)c21. The molecule has 11 rings (SSSR count). The van der Waals surface area contributed by atoms with Gasteiger partial charge < -0.3 is 0 Å². The lowest BCUT2D eigenvalue weighted by Gasteiger charge is -2.30. The molecule has 1 unspecified atom stereocenters. The molecule has 1 atom stereocenters. The standard InChI is InChI=1S/C53H35N3/c1-53(40-19-6-3-7-20-40)46-26-13-12-23-43(46)44-24-14-25-45(49(44)53)52-55-50(36-16-4-2-5-17-36)54-51(56-52)37-30-28-35(29-31-37)47-42-22-11-9-18-38(42)33-39-32-27-34-15-8-10-21-41(34)48(39)47/h2-33H,1H3. The van der Waals surface area contributed by atoms with Gasteiger partial charge >= 0.3 is 0 Å². The van der Waals surface area contributed by atoms with Crippen LogP contribution in [-0.2, 0) is 5.41 Å². The van der Waals surface area contributed by atoms with Crippen molar-refractivity contribution in [3.05, 3.63) is 211 Å². The fourth-order valence-corrected chi connectivity index (χ4v) is 9.13. The summed E-state index contributed by atoms with van der Waals surface area (Å²) < 4.78 is 0. The van der Waals surface area contributed by atoms with Crippen molar-refractivity contribution in [1.82, 2.24) is 15.0 Å². The average Bonchev–Trinajstić information content (AvgIpc) is 3.55. The second kappa shape index (κ2) is 12.7. The molecule has 3 heteroatoms. The molecule has 0 amide bonds. The molecule has 1 aromatic heterocycles. The molecule has 3 nitrogen and oxygen atoms in total. The Morgan fingerprint density at radius 1 is 0.375 bits per heavy atom. The van der Waals surface area contributed by atoms with Gasteiger partial charge in [0.25, 0.3) is 0 Å². The van der Waals surface area contributed by atoms with Gasteiger partial charge in [-0.3, -0.25) is 0 Å². The minimum absolute atomic E-state index is 0.406. The molecular weight excluding hydrogens is 679 g/mol. The summed E-state index contributed by atoms with van der Waals surface area (Å²) in [7, 11) is 0. The molecule has 0 aliphatic heterocycles. The van der Waals surface area contributed by atoms with E-state index in [1.165, 1.54) is 65.7 Å². The van der Waals surface area contributed by atoms with Gasteiger partial charge in [-0.2, -0.15) is 0 Å². The van der Waals surface area contributed by atoms with Gasteiger partial charge in [0, 0.05) is 22.1 Å². The normalized spacial score (nSPS) is 14.6. The Morgan fingerprint density at radius 2 is 0.929 bits per heavy atom. The molecule has 0 spiro atoms. The summed E-state index contributed by atoms with van der Waals surface area (Å²) >= 11 is 0. The Bertz CT molecular complexity index is 3130. The van der Waals surface area contributed by atoms with Crippen LogP contribution in [0.4, 0.5) is 0 Å². The second-order valence-corrected chi connectivity index (χ2v) is 14.9. The van der Waals surface area contributed by atoms with Gasteiger partial charge in [0.05, 0.1) is 0 Å². The monoisotopic (exact) mass is 713 g/mol. The van der Waals surface area contributed by atoms with Gasteiger partial charge in [0.1, 0.15) is 0 Å². The van der Waals surface area contributed by atoms with E-state index in [1.54, 1.807) is 0 Å². The predicted molar refractivity (Wildman–Crippen MR) is 232 cm³/mol. The minimum atomic E-state index is -0.406. The summed E-state index contributed by atoms with van der Waals surface area (Å²) in [6.07, 6.45) is 0. The van der Waals surface area contributed by atoms with E-state index in [1.807, 2.05) is 18.2 Å². The fraction of sp³-hybridized carbons (Fsp3) is 0.0377. The van der Waals surface area contributed by atoms with Crippen LogP contribution >= 0.6 is 0 Å². The number of fused-ring (bicyclic) bond motifs is 7. The highest BCUT2D eigenvalue weighted by molar-refractivity contribution is 6.22. The molecule has 9 aromatic carbocycles. The van der Waals surface area contributed by atoms with Crippen molar-refractivity contribution < 1.29 is 0 Å². The van der Waals surface area contributed by atoms with E-state index in [0.717, 1.165) is 22.3 Å². The van der Waals surface area contributed by atoms with Crippen LogP contribution in [0.25, 0.3) is 88.7 Å². The Balaban J connectivity index is 1.11. The maximum absolute atomic E-state index is 5.32. The number of hydrogen-bond donors (Lipinski definition) is 0. The zero-order valence-electron chi connectivity index (χ0n) is 30.8. The van der Waals surface area contributed by atoms with Crippen LogP contribution in [0.15, 0.2) is 194 Å². The zero-order valence-corrected chi connectivity index (χ0v) is 30.8. The lowest BCUT2D eigenvalue weighted by atomic mass is 9.72. The molecular formula is C53H35N3. The maximum atomic E-state index is 5.32. The van der Waals surface area contributed by atoms with E-state index in [2.05, 4.69) is 183 Å². The zero-order chi connectivity index (χ0) is 37.2. The number of aromatic nitrogens is 3. The smallest absolute Gasteiger partial charge is 0.164 e. The Labute approximate surface area is 325 Å². The average molecular weight is 714 g/mol. The Kier molecular flexibility index (Phi) is 7.30. The van der Waals surface area contributed by atoms with E-state index in [9.17, 15) is 0 Å². The van der Waals surface area contributed by atoms with Gasteiger partial charge in [-0.1, -0.05) is 188 Å². The molecule has 1 aliphatic carbocycles. The van der Waals surface area contributed by atoms with Crippen molar-refractivity contribution in [2.75, 3.05) is 0 Å². The summed E-state index contributed by atoms with van der Waals surface area (Å²) in [5.41, 5.74) is 11.1. The molecule has 0 radical (unpaired) electrons. The molecule has 0 bridgehead atoms. The quantitative estimate of drug-likeness (QED) is 0.132. The van der Waals surface area contributed by atoms with Crippen molar-refractivity contribution >= 4 is 32.3 Å². The van der Waals surface area contributed by atoms with E-state index in [-0.39, 0.29) is 0 Å². The number of rotatable bonds is 5. The highest BCUT2D eigenvalue weighted by Crippen LogP contribution is 2.55. The number of hydrogen-bond acceptors (Lipinski definition) is 3. The summed E-state index contributed by atoms with van der Waals surface area (Å²) in [4.78, 5) is 15.7. The van der Waals surface area contributed by atoms with Crippen molar-refractivity contribution in [2.45, 2.75) is 12.3 Å². The molecule has 0 saturated heterocycles. The van der Waals surface area contributed by atoms with Gasteiger partial charge in [-0.25, -0.2) is 15.0 Å². The number of benzene rings is 9. The van der Waals surface area contributed by atoms with Crippen LogP contribution in [0.2, 0.25) is 0 Å². The van der Waals surface area contributed by atoms with E-state index in [0.29, 0.717) is 17.5 Å². The fourth-order valence-electron chi connectivity index (χ4n) is 9.13. The minimum Gasteiger partial charge on any atom is -0.208 e. The molecule has 0 fully saturated rings. The summed E-state index contributed by atoms with van der Waals surface area (Å²) in [5, 5.41) is 7.45. The van der Waals surface area contributed by atoms with Crippen molar-refractivity contribution in [1.29, 1.82) is 0 Å². The third-order valence-electron chi connectivity index (χ3n) is 11.8. The first-order valence-corrected chi connectivity index (χ1v) is 19.2. The van der Waals surface area contributed by atoms with Crippen LogP contribution in [0.5, 0.6) is 0 Å². The topological polar surface area (TPSA) is 38.7 Å². The van der Waals surface area contributed by atoms with Gasteiger partial charge in [-0.15, -0.1) is 0 Å². The van der Waals surface area contributed by atoms with Crippen LogP contribution in [0.3, 0.4) is 0 Å². The molecule has 0 N–H and O–H groups in total. The maximum Gasteiger partial charge on any atom is 0.164 e. The molecule has 10 aromatic rings. The largest absolute Gasteiger partial charge is 0.208 e. The van der Waals surface area contributed by atoms with Gasteiger partial charge in [-0.05, 0) is 84.3 Å². The van der Waals surface area contributed by atoms with E-state index in [4.69, 9.17) is 15.0 Å². The van der Waals surface area contributed by atoms with Crippen LogP contribution < -0.4 is 0 Å². The Hall–Kier alpha value is -7.23. The third-order valence-corrected chi connectivity index (χ3v) is 11.8. The van der Waals surface area contributed by atoms with Gasteiger partial charge in [0.2, 0.25) is 0 Å². The van der Waals surface area contributed by atoms with E-state index < -0.39 is 5.41 Å². The lowest BCUT2D eigenvalue weighted by Crippen LogP contribution is -2.23. The second-order valence-electron chi connectivity index (χ2n) is 14.9. The van der Waals surface area contributed by atoms with Crippen LogP contribution in [0, 0.1) is 0 Å². The first-order valence-electron chi connectivity index (χ1n) is 19.2. The molecule has 1 heterocycles. The van der Waals surface area contributed by atoms with E-state index >= 15 is 0 Å². The lowest BCUT2D eigenvalue weighted by molar-refractivity contribution is 0.714. The highest BCUT2D eigenvalue weighted by Gasteiger charge is 2.43. The third kappa shape index (κ3) is 4.94. The molecule has 0 saturated carbocycles. The molecule has 56 heavy (non-hydrogen) atoms. The highest BCUT2D eigenvalue weighted by atomic mass is 15.0. The summed E-state index contributed by atoms with van der Waals surface area (Å²) in [6.45, 7) is 2.34. The van der Waals surface area contributed by atoms with Crippen molar-refractivity contribution in [2.24, 2.45) is 0 Å². The Morgan fingerprint density at radius 3 is 1.71 bits per heavy atom. The first kappa shape index (κ1) is 32.2. The summed E-state index contributed by atoms with van der Waals surface area (Å²) in [6, 6.07) is 69.4. The molecule has 1 aliphatic rings. The predicted octanol–water partition coefficient (Wildman–Crippen LogP) is 13.3. The summed E-state index contributed by atoms with van der Waals surface area (Å²) in [5.74, 6) is 1.95. The van der Waals surface area contributed by atoms with Crippen molar-refractivity contribution in [3.8, 4) is 56.4 Å². The van der Waals surface area contributed by atoms with Crippen molar-refractivity contribution in [3.63, 3.8) is 0 Å². The van der Waals surface area contributed by atoms with Crippen LogP contribution in [0.1, 0.15) is 23.6 Å². The molecule has 262 valence electrons. The van der Waals surface area contributed by atoms with Gasteiger partial charge in [0.15, 0.2) is 17.5 Å². The van der Waals surface area contributed by atoms with Crippen LogP contribution in [-0.4, -0.2) is 15.0 Å². The number of nitrogens with zero attached hydrogens (tertiary/aromatic N) is 3.